The summed E-state index contributed by atoms with van der Waals surface area (Å²) in [6.07, 6.45) is 1.60. The molecule has 1 heterocycles. The molecule has 1 aromatic carbocycles. The lowest BCUT2D eigenvalue weighted by Gasteiger charge is -2.41. The van der Waals surface area contributed by atoms with Crippen molar-refractivity contribution in [2.75, 3.05) is 37.6 Å². The Kier molecular flexibility index (Phi) is 5.70. The van der Waals surface area contributed by atoms with Crippen LogP contribution in [0.5, 0.6) is 0 Å². The largest absolute Gasteiger partial charge is 0.368 e. The van der Waals surface area contributed by atoms with E-state index in [0.717, 1.165) is 49.7 Å². The second-order valence-electron chi connectivity index (χ2n) is 5.95. The molecule has 0 spiro atoms. The topological polar surface area (TPSA) is 49.6 Å². The first-order chi connectivity index (χ1) is 10.6. The standard InChI is InChI=1S/C17H26ClN3O/c1-3-17(4-2,13-19)16(22)21-10-8-20(9-11-21)15-7-5-6-14(18)12-15/h5-7,12H,3-4,8-11,13,19H2,1-2H3. The molecule has 1 aromatic rings. The van der Waals surface area contributed by atoms with Crippen LogP contribution in [0.1, 0.15) is 26.7 Å². The Morgan fingerprint density at radius 3 is 2.36 bits per heavy atom. The van der Waals surface area contributed by atoms with Gasteiger partial charge < -0.3 is 15.5 Å². The highest BCUT2D eigenvalue weighted by molar-refractivity contribution is 6.30. The number of rotatable bonds is 5. The highest BCUT2D eigenvalue weighted by atomic mass is 35.5. The summed E-state index contributed by atoms with van der Waals surface area (Å²) in [5.41, 5.74) is 6.63. The number of nitrogens with two attached hydrogens (primary N) is 1. The summed E-state index contributed by atoms with van der Waals surface area (Å²) in [7, 11) is 0. The zero-order valence-electron chi connectivity index (χ0n) is 13.5. The van der Waals surface area contributed by atoms with Gasteiger partial charge in [0.05, 0.1) is 5.41 Å². The number of piperazine rings is 1. The molecule has 0 aromatic heterocycles. The van der Waals surface area contributed by atoms with Crippen molar-refractivity contribution in [2.24, 2.45) is 11.1 Å². The van der Waals surface area contributed by atoms with E-state index >= 15 is 0 Å². The molecule has 2 rings (SSSR count). The van der Waals surface area contributed by atoms with Gasteiger partial charge >= 0.3 is 0 Å². The first kappa shape index (κ1) is 17.1. The van der Waals surface area contributed by atoms with Crippen molar-refractivity contribution in [3.63, 3.8) is 0 Å². The minimum absolute atomic E-state index is 0.214. The number of halogens is 1. The third kappa shape index (κ3) is 3.39. The van der Waals surface area contributed by atoms with Gasteiger partial charge in [-0.15, -0.1) is 0 Å². The minimum Gasteiger partial charge on any atom is -0.368 e. The van der Waals surface area contributed by atoms with Gasteiger partial charge in [0.2, 0.25) is 5.91 Å². The fourth-order valence-electron chi connectivity index (χ4n) is 3.10. The lowest BCUT2D eigenvalue weighted by atomic mass is 9.81. The van der Waals surface area contributed by atoms with Crippen molar-refractivity contribution in [3.05, 3.63) is 29.3 Å². The predicted molar refractivity (Wildman–Crippen MR) is 92.3 cm³/mol. The molecule has 122 valence electrons. The molecule has 1 aliphatic heterocycles. The highest BCUT2D eigenvalue weighted by Gasteiger charge is 2.37. The van der Waals surface area contributed by atoms with Crippen molar-refractivity contribution in [1.29, 1.82) is 0 Å². The Bertz CT molecular complexity index is 500. The van der Waals surface area contributed by atoms with Crippen LogP contribution >= 0.6 is 11.6 Å². The number of hydrogen-bond donors (Lipinski definition) is 1. The molecule has 1 amide bonds. The minimum atomic E-state index is -0.391. The fourth-order valence-corrected chi connectivity index (χ4v) is 3.29. The number of anilines is 1. The van der Waals surface area contributed by atoms with Gasteiger partial charge in [-0.05, 0) is 31.0 Å². The van der Waals surface area contributed by atoms with E-state index in [-0.39, 0.29) is 5.91 Å². The molecule has 0 bridgehead atoms. The van der Waals surface area contributed by atoms with E-state index in [2.05, 4.69) is 24.8 Å². The van der Waals surface area contributed by atoms with Gasteiger partial charge in [0.15, 0.2) is 0 Å². The van der Waals surface area contributed by atoms with Gasteiger partial charge in [-0.1, -0.05) is 31.5 Å². The molecule has 1 saturated heterocycles. The Morgan fingerprint density at radius 2 is 1.86 bits per heavy atom. The first-order valence-electron chi connectivity index (χ1n) is 8.06. The van der Waals surface area contributed by atoms with Gasteiger partial charge in [0.1, 0.15) is 0 Å². The van der Waals surface area contributed by atoms with Crippen LogP contribution in [0.2, 0.25) is 5.02 Å². The maximum absolute atomic E-state index is 12.8. The number of benzene rings is 1. The predicted octanol–water partition coefficient (Wildman–Crippen LogP) is 2.75. The van der Waals surface area contributed by atoms with Crippen LogP contribution in [0.15, 0.2) is 24.3 Å². The first-order valence-corrected chi connectivity index (χ1v) is 8.44. The molecule has 22 heavy (non-hydrogen) atoms. The zero-order chi connectivity index (χ0) is 16.2. The summed E-state index contributed by atoms with van der Waals surface area (Å²) in [4.78, 5) is 17.1. The Morgan fingerprint density at radius 1 is 1.23 bits per heavy atom. The molecule has 2 N–H and O–H groups in total. The van der Waals surface area contributed by atoms with Gasteiger partial charge in [0, 0.05) is 43.4 Å². The summed E-state index contributed by atoms with van der Waals surface area (Å²) in [5, 5.41) is 0.745. The third-order valence-electron chi connectivity index (χ3n) is 4.94. The van der Waals surface area contributed by atoms with Crippen LogP contribution < -0.4 is 10.6 Å². The Hall–Kier alpha value is -1.26. The second kappa shape index (κ2) is 7.34. The van der Waals surface area contributed by atoms with Crippen molar-refractivity contribution in [3.8, 4) is 0 Å². The smallest absolute Gasteiger partial charge is 0.230 e. The molecule has 1 aliphatic rings. The van der Waals surface area contributed by atoms with Gasteiger partial charge in [0.25, 0.3) is 0 Å². The zero-order valence-corrected chi connectivity index (χ0v) is 14.3. The van der Waals surface area contributed by atoms with Crippen LogP contribution in [0.4, 0.5) is 5.69 Å². The van der Waals surface area contributed by atoms with Gasteiger partial charge in [-0.2, -0.15) is 0 Å². The number of amides is 1. The number of hydrogen-bond acceptors (Lipinski definition) is 3. The van der Waals surface area contributed by atoms with Gasteiger partial charge in [-0.3, -0.25) is 4.79 Å². The average molecular weight is 324 g/mol. The molecule has 0 aliphatic carbocycles. The number of carbonyl (C=O) groups is 1. The van der Waals surface area contributed by atoms with E-state index in [0.29, 0.717) is 6.54 Å². The van der Waals surface area contributed by atoms with Crippen LogP contribution in [0, 0.1) is 5.41 Å². The van der Waals surface area contributed by atoms with Crippen LogP contribution in [0.3, 0.4) is 0 Å². The molecule has 5 heteroatoms. The molecule has 0 radical (unpaired) electrons. The molecular weight excluding hydrogens is 298 g/mol. The number of nitrogens with zero attached hydrogens (tertiary/aromatic N) is 2. The molecule has 0 atom stereocenters. The van der Waals surface area contributed by atoms with Gasteiger partial charge in [-0.25, -0.2) is 0 Å². The Balaban J connectivity index is 2.01. The lowest BCUT2D eigenvalue weighted by molar-refractivity contribution is -0.142. The summed E-state index contributed by atoms with van der Waals surface area (Å²) < 4.78 is 0. The average Bonchev–Trinajstić information content (AvgIpc) is 2.57. The van der Waals surface area contributed by atoms with E-state index in [1.807, 2.05) is 23.1 Å². The molecule has 4 nitrogen and oxygen atoms in total. The fraction of sp³-hybridized carbons (Fsp3) is 0.588. The van der Waals surface area contributed by atoms with E-state index in [9.17, 15) is 4.79 Å². The normalized spacial score (nSPS) is 16.0. The highest BCUT2D eigenvalue weighted by Crippen LogP contribution is 2.29. The second-order valence-corrected chi connectivity index (χ2v) is 6.39. The summed E-state index contributed by atoms with van der Waals surface area (Å²) in [5.74, 6) is 0.214. The SMILES string of the molecule is CCC(CC)(CN)C(=O)N1CCN(c2cccc(Cl)c2)CC1. The van der Waals surface area contributed by atoms with Crippen molar-refractivity contribution in [1.82, 2.24) is 4.90 Å². The summed E-state index contributed by atoms with van der Waals surface area (Å²) >= 11 is 6.05. The molecule has 0 saturated carbocycles. The van der Waals surface area contributed by atoms with Crippen LogP contribution in [-0.2, 0) is 4.79 Å². The monoisotopic (exact) mass is 323 g/mol. The maximum Gasteiger partial charge on any atom is 0.230 e. The van der Waals surface area contributed by atoms with E-state index in [4.69, 9.17) is 17.3 Å². The quantitative estimate of drug-likeness (QED) is 0.906. The van der Waals surface area contributed by atoms with Crippen LogP contribution in [-0.4, -0.2) is 43.5 Å². The van der Waals surface area contributed by atoms with Crippen molar-refractivity contribution >= 4 is 23.2 Å². The van der Waals surface area contributed by atoms with Crippen molar-refractivity contribution in [2.45, 2.75) is 26.7 Å². The summed E-state index contributed by atoms with van der Waals surface area (Å²) in [6.45, 7) is 7.68. The maximum atomic E-state index is 12.8. The van der Waals surface area contributed by atoms with E-state index < -0.39 is 5.41 Å². The van der Waals surface area contributed by atoms with Crippen LogP contribution in [0.25, 0.3) is 0 Å². The third-order valence-corrected chi connectivity index (χ3v) is 5.17. The lowest BCUT2D eigenvalue weighted by Crippen LogP contribution is -2.54. The molecular formula is C17H26ClN3O. The molecule has 1 fully saturated rings. The molecule has 0 unspecified atom stereocenters. The Labute approximate surface area is 138 Å². The van der Waals surface area contributed by atoms with E-state index in [1.165, 1.54) is 0 Å². The summed E-state index contributed by atoms with van der Waals surface area (Å²) in [6, 6.07) is 7.87. The van der Waals surface area contributed by atoms with E-state index in [1.54, 1.807) is 0 Å². The van der Waals surface area contributed by atoms with Crippen molar-refractivity contribution < 1.29 is 4.79 Å². The number of carbonyl (C=O) groups excluding carboxylic acids is 1.